The van der Waals surface area contributed by atoms with Gasteiger partial charge in [-0.1, -0.05) is 18.2 Å². The van der Waals surface area contributed by atoms with Gasteiger partial charge in [0.2, 0.25) is 0 Å². The molecule has 1 aromatic heterocycles. The van der Waals surface area contributed by atoms with Gasteiger partial charge in [-0.05, 0) is 19.9 Å². The van der Waals surface area contributed by atoms with E-state index in [1.807, 2.05) is 39.2 Å². The van der Waals surface area contributed by atoms with Crippen LogP contribution in [0.3, 0.4) is 0 Å². The molecule has 1 aromatic carbocycles. The maximum atomic E-state index is 9.07. The van der Waals surface area contributed by atoms with E-state index in [1.54, 1.807) is 0 Å². The first-order valence-corrected chi connectivity index (χ1v) is 5.72. The second-order valence-corrected chi connectivity index (χ2v) is 5.07. The Kier molecular flexibility index (Phi) is 2.81. The lowest BCUT2D eigenvalue weighted by atomic mass is 9.95. The van der Waals surface area contributed by atoms with Gasteiger partial charge in [-0.2, -0.15) is 5.26 Å². The first kappa shape index (κ1) is 11.5. The van der Waals surface area contributed by atoms with E-state index in [4.69, 9.17) is 5.26 Å². The number of para-hydroxylation sites is 1. The zero-order valence-electron chi connectivity index (χ0n) is 10.5. The van der Waals surface area contributed by atoms with Crippen LogP contribution in [0.1, 0.15) is 13.8 Å². The Balaban J connectivity index is 2.32. The molecule has 0 spiro atoms. The molecule has 0 radical (unpaired) electrons. The molecule has 0 amide bonds. The number of hydrogen-bond donors (Lipinski definition) is 1. The van der Waals surface area contributed by atoms with Crippen molar-refractivity contribution in [3.63, 3.8) is 0 Å². The molecular formula is C14H17N3. The number of aromatic amines is 1. The maximum Gasteiger partial charge on any atom is 0.0702 e. The minimum Gasteiger partial charge on any atom is -0.371 e. The number of nitriles is 1. The molecule has 0 saturated carbocycles. The van der Waals surface area contributed by atoms with Gasteiger partial charge in [0, 0.05) is 30.7 Å². The monoisotopic (exact) mass is 227 g/mol. The second-order valence-electron chi connectivity index (χ2n) is 5.07. The number of nitrogens with zero attached hydrogens (tertiary/aromatic N) is 2. The largest absolute Gasteiger partial charge is 0.371 e. The van der Waals surface area contributed by atoms with Gasteiger partial charge in [-0.3, -0.25) is 0 Å². The molecule has 0 bridgehead atoms. The lowest BCUT2D eigenvalue weighted by molar-refractivity contribution is 0.498. The average Bonchev–Trinajstić information content (AvgIpc) is 2.72. The topological polar surface area (TPSA) is 42.8 Å². The summed E-state index contributed by atoms with van der Waals surface area (Å²) in [7, 11) is 2.02. The third kappa shape index (κ3) is 2.26. The molecule has 0 atom stereocenters. The number of fused-ring (bicyclic) bond motifs is 1. The van der Waals surface area contributed by atoms with Crippen LogP contribution in [-0.2, 0) is 0 Å². The van der Waals surface area contributed by atoms with Gasteiger partial charge in [-0.25, -0.2) is 0 Å². The summed E-state index contributed by atoms with van der Waals surface area (Å²) in [5.41, 5.74) is 1.93. The molecular weight excluding hydrogens is 210 g/mol. The molecule has 0 aliphatic carbocycles. The molecule has 0 aliphatic heterocycles. The van der Waals surface area contributed by atoms with Gasteiger partial charge in [-0.15, -0.1) is 0 Å². The Labute approximate surface area is 102 Å². The van der Waals surface area contributed by atoms with Crippen LogP contribution in [0.2, 0.25) is 0 Å². The number of rotatable bonds is 3. The van der Waals surface area contributed by atoms with Crippen LogP contribution < -0.4 is 4.90 Å². The van der Waals surface area contributed by atoms with E-state index in [0.717, 1.165) is 11.2 Å². The third-order valence-electron chi connectivity index (χ3n) is 2.91. The van der Waals surface area contributed by atoms with Crippen molar-refractivity contribution in [2.75, 3.05) is 18.5 Å². The van der Waals surface area contributed by atoms with Gasteiger partial charge in [0.25, 0.3) is 0 Å². The van der Waals surface area contributed by atoms with Crippen LogP contribution in [-0.4, -0.2) is 18.6 Å². The van der Waals surface area contributed by atoms with E-state index >= 15 is 0 Å². The number of hydrogen-bond acceptors (Lipinski definition) is 2. The molecule has 3 heteroatoms. The Morgan fingerprint density at radius 1 is 1.35 bits per heavy atom. The fourth-order valence-corrected chi connectivity index (χ4v) is 2.09. The molecule has 0 saturated heterocycles. The van der Waals surface area contributed by atoms with Crippen LogP contribution in [0.4, 0.5) is 5.69 Å². The number of benzene rings is 1. The summed E-state index contributed by atoms with van der Waals surface area (Å²) in [5, 5.41) is 10.3. The normalized spacial score (nSPS) is 11.4. The highest BCUT2D eigenvalue weighted by Crippen LogP contribution is 2.27. The Morgan fingerprint density at radius 2 is 2.06 bits per heavy atom. The van der Waals surface area contributed by atoms with E-state index in [9.17, 15) is 0 Å². The Hall–Kier alpha value is -1.95. The van der Waals surface area contributed by atoms with E-state index in [2.05, 4.69) is 28.1 Å². The summed E-state index contributed by atoms with van der Waals surface area (Å²) in [6, 6.07) is 10.5. The van der Waals surface area contributed by atoms with Gasteiger partial charge in [0.15, 0.2) is 0 Å². The highest BCUT2D eigenvalue weighted by molar-refractivity contribution is 5.92. The Bertz CT molecular complexity index is 560. The zero-order chi connectivity index (χ0) is 12.5. The molecule has 1 heterocycles. The van der Waals surface area contributed by atoms with Crippen molar-refractivity contribution >= 4 is 16.6 Å². The van der Waals surface area contributed by atoms with E-state index in [0.29, 0.717) is 6.54 Å². The molecule has 88 valence electrons. The first-order chi connectivity index (χ1) is 8.03. The van der Waals surface area contributed by atoms with Crippen LogP contribution in [0.25, 0.3) is 10.9 Å². The maximum absolute atomic E-state index is 9.07. The predicted octanol–water partition coefficient (Wildman–Crippen LogP) is 3.15. The summed E-state index contributed by atoms with van der Waals surface area (Å²) < 4.78 is 0. The molecule has 2 aromatic rings. The van der Waals surface area contributed by atoms with Crippen molar-refractivity contribution in [3.05, 3.63) is 30.5 Å². The average molecular weight is 227 g/mol. The van der Waals surface area contributed by atoms with Crippen molar-refractivity contribution < 1.29 is 0 Å². The molecule has 0 fully saturated rings. The van der Waals surface area contributed by atoms with Crippen LogP contribution >= 0.6 is 0 Å². The van der Waals surface area contributed by atoms with Crippen molar-refractivity contribution in [2.45, 2.75) is 13.8 Å². The van der Waals surface area contributed by atoms with E-state index in [-0.39, 0.29) is 5.41 Å². The fourth-order valence-electron chi connectivity index (χ4n) is 2.09. The number of aromatic nitrogens is 1. The fraction of sp³-hybridized carbons (Fsp3) is 0.357. The lowest BCUT2D eigenvalue weighted by Crippen LogP contribution is -2.30. The van der Waals surface area contributed by atoms with Crippen molar-refractivity contribution in [3.8, 4) is 6.07 Å². The lowest BCUT2D eigenvalue weighted by Gasteiger charge is -2.25. The standard InChI is InChI=1S/C14H17N3/c1-14(2,9-15)10-17(3)13-8-16-12-7-5-4-6-11(12)13/h4-8,16H,10H2,1-3H3. The number of nitrogens with one attached hydrogen (secondary N) is 1. The third-order valence-corrected chi connectivity index (χ3v) is 2.91. The van der Waals surface area contributed by atoms with Gasteiger partial charge in [0.1, 0.15) is 0 Å². The van der Waals surface area contributed by atoms with Crippen LogP contribution in [0.5, 0.6) is 0 Å². The van der Waals surface area contributed by atoms with Gasteiger partial charge < -0.3 is 9.88 Å². The summed E-state index contributed by atoms with van der Waals surface area (Å²) in [6.07, 6.45) is 2.00. The Morgan fingerprint density at radius 3 is 2.76 bits per heavy atom. The van der Waals surface area contributed by atoms with Crippen molar-refractivity contribution in [1.29, 1.82) is 5.26 Å². The summed E-state index contributed by atoms with van der Waals surface area (Å²) in [5.74, 6) is 0. The zero-order valence-corrected chi connectivity index (χ0v) is 10.5. The second kappa shape index (κ2) is 4.14. The molecule has 17 heavy (non-hydrogen) atoms. The van der Waals surface area contributed by atoms with E-state index < -0.39 is 0 Å². The molecule has 2 rings (SSSR count). The highest BCUT2D eigenvalue weighted by atomic mass is 15.1. The number of H-pyrrole nitrogens is 1. The first-order valence-electron chi connectivity index (χ1n) is 5.72. The van der Waals surface area contributed by atoms with Gasteiger partial charge in [0.05, 0.1) is 17.2 Å². The SMILES string of the molecule is CN(CC(C)(C)C#N)c1c[nH]c2ccccc12. The van der Waals surface area contributed by atoms with Crippen molar-refractivity contribution in [2.24, 2.45) is 5.41 Å². The number of anilines is 1. The summed E-state index contributed by atoms with van der Waals surface area (Å²) >= 11 is 0. The highest BCUT2D eigenvalue weighted by Gasteiger charge is 2.20. The predicted molar refractivity (Wildman–Crippen MR) is 71.0 cm³/mol. The molecule has 3 nitrogen and oxygen atoms in total. The smallest absolute Gasteiger partial charge is 0.0702 e. The minimum atomic E-state index is -0.340. The van der Waals surface area contributed by atoms with Crippen LogP contribution in [0.15, 0.2) is 30.5 Å². The minimum absolute atomic E-state index is 0.340. The van der Waals surface area contributed by atoms with E-state index in [1.165, 1.54) is 5.39 Å². The van der Waals surface area contributed by atoms with Crippen molar-refractivity contribution in [1.82, 2.24) is 4.98 Å². The molecule has 1 N–H and O–H groups in total. The van der Waals surface area contributed by atoms with Crippen LogP contribution in [0, 0.1) is 16.7 Å². The quantitative estimate of drug-likeness (QED) is 0.875. The molecule has 0 aliphatic rings. The summed E-state index contributed by atoms with van der Waals surface area (Å²) in [6.45, 7) is 4.63. The van der Waals surface area contributed by atoms with Gasteiger partial charge >= 0.3 is 0 Å². The molecule has 0 unspecified atom stereocenters. The summed E-state index contributed by atoms with van der Waals surface area (Å²) in [4.78, 5) is 5.38.